The van der Waals surface area contributed by atoms with Gasteiger partial charge in [0.15, 0.2) is 17.1 Å². The molecule has 1 aromatic heterocycles. The second-order valence-corrected chi connectivity index (χ2v) is 9.33. The summed E-state index contributed by atoms with van der Waals surface area (Å²) in [6.07, 6.45) is 0. The molecule has 0 radical (unpaired) electrons. The Morgan fingerprint density at radius 3 is 2.58 bits per heavy atom. The zero-order chi connectivity index (χ0) is 21.5. The van der Waals surface area contributed by atoms with Crippen LogP contribution in [0.25, 0.3) is 22.6 Å². The van der Waals surface area contributed by atoms with Crippen molar-refractivity contribution in [1.29, 1.82) is 0 Å². The predicted molar refractivity (Wildman–Crippen MR) is 128 cm³/mol. The first-order chi connectivity index (χ1) is 15.0. The van der Waals surface area contributed by atoms with Crippen molar-refractivity contribution in [2.24, 2.45) is 0 Å². The molecule has 1 aliphatic rings. The molecule has 0 saturated carbocycles. The van der Waals surface area contributed by atoms with Crippen molar-refractivity contribution in [3.63, 3.8) is 0 Å². The zero-order valence-corrected chi connectivity index (χ0v) is 20.5. The summed E-state index contributed by atoms with van der Waals surface area (Å²) in [4.78, 5) is 17.3. The molecule has 0 bridgehead atoms. The number of hydrogen-bond acceptors (Lipinski definition) is 5. The van der Waals surface area contributed by atoms with Gasteiger partial charge in [0.25, 0.3) is 5.91 Å². The molecular formula is C22H13Br3N2O4. The van der Waals surface area contributed by atoms with E-state index in [4.69, 9.17) is 13.9 Å². The molecule has 0 atom stereocenters. The lowest BCUT2D eigenvalue weighted by molar-refractivity contribution is 0.102. The maximum absolute atomic E-state index is 12.7. The molecule has 0 saturated heterocycles. The lowest BCUT2D eigenvalue weighted by Crippen LogP contribution is -2.17. The normalized spacial score (nSPS) is 12.7. The molecule has 9 heteroatoms. The Morgan fingerprint density at radius 2 is 1.74 bits per heavy atom. The topological polar surface area (TPSA) is 73.6 Å². The Bertz CT molecular complexity index is 1340. The third kappa shape index (κ3) is 4.09. The van der Waals surface area contributed by atoms with E-state index in [1.54, 1.807) is 36.4 Å². The molecule has 4 aromatic rings. The zero-order valence-electron chi connectivity index (χ0n) is 15.7. The average molecular weight is 609 g/mol. The van der Waals surface area contributed by atoms with Crippen LogP contribution < -0.4 is 14.8 Å². The van der Waals surface area contributed by atoms with Crippen molar-refractivity contribution in [3.8, 4) is 23.0 Å². The highest BCUT2D eigenvalue weighted by Gasteiger charge is 2.17. The maximum Gasteiger partial charge on any atom is 0.255 e. The van der Waals surface area contributed by atoms with Gasteiger partial charge in [-0.15, -0.1) is 0 Å². The first kappa shape index (κ1) is 20.5. The Morgan fingerprint density at radius 1 is 0.935 bits per heavy atom. The number of nitrogens with one attached hydrogen (secondary N) is 1. The fourth-order valence-electron chi connectivity index (χ4n) is 3.22. The van der Waals surface area contributed by atoms with Gasteiger partial charge in [0.2, 0.25) is 5.89 Å². The summed E-state index contributed by atoms with van der Waals surface area (Å²) in [7, 11) is 0. The van der Waals surface area contributed by atoms with Crippen LogP contribution in [0, 0.1) is 0 Å². The van der Waals surface area contributed by atoms with E-state index in [-0.39, 0.29) is 5.91 Å². The van der Waals surface area contributed by atoms with Crippen LogP contribution in [0.2, 0.25) is 0 Å². The van der Waals surface area contributed by atoms with Crippen LogP contribution in [0.4, 0.5) is 5.69 Å². The maximum atomic E-state index is 12.7. The molecular weight excluding hydrogens is 596 g/mol. The van der Waals surface area contributed by atoms with Crippen LogP contribution in [-0.4, -0.2) is 24.1 Å². The summed E-state index contributed by atoms with van der Waals surface area (Å²) in [6.45, 7) is 0.972. The van der Waals surface area contributed by atoms with E-state index in [0.717, 1.165) is 19.0 Å². The summed E-state index contributed by atoms with van der Waals surface area (Å²) in [5.74, 6) is 1.43. The minimum absolute atomic E-state index is 0.251. The number of anilines is 1. The highest BCUT2D eigenvalue weighted by molar-refractivity contribution is 9.13. The fraction of sp³-hybridized carbons (Fsp3) is 0.0909. The fourth-order valence-corrected chi connectivity index (χ4v) is 4.84. The molecule has 5 rings (SSSR count). The van der Waals surface area contributed by atoms with Gasteiger partial charge >= 0.3 is 0 Å². The van der Waals surface area contributed by atoms with Crippen molar-refractivity contribution >= 4 is 70.5 Å². The molecule has 1 aliphatic heterocycles. The second-order valence-electron chi connectivity index (χ2n) is 6.76. The number of nitrogens with zero attached hydrogens (tertiary/aromatic N) is 1. The number of carbonyl (C=O) groups is 1. The van der Waals surface area contributed by atoms with E-state index < -0.39 is 0 Å². The van der Waals surface area contributed by atoms with Gasteiger partial charge in [-0.25, -0.2) is 4.98 Å². The predicted octanol–water partition coefficient (Wildman–Crippen LogP) is 6.81. The van der Waals surface area contributed by atoms with Gasteiger partial charge in [0.1, 0.15) is 18.7 Å². The molecule has 0 spiro atoms. The summed E-state index contributed by atoms with van der Waals surface area (Å²) in [6, 6.07) is 14.3. The van der Waals surface area contributed by atoms with E-state index in [9.17, 15) is 4.79 Å². The number of fused-ring (bicyclic) bond motifs is 2. The first-order valence-corrected chi connectivity index (χ1v) is 11.6. The van der Waals surface area contributed by atoms with Gasteiger partial charge in [-0.1, -0.05) is 15.9 Å². The largest absolute Gasteiger partial charge is 0.486 e. The van der Waals surface area contributed by atoms with Gasteiger partial charge < -0.3 is 19.2 Å². The molecule has 156 valence electrons. The van der Waals surface area contributed by atoms with Gasteiger partial charge in [-0.2, -0.15) is 0 Å². The molecule has 0 fully saturated rings. The Hall–Kier alpha value is -2.36. The van der Waals surface area contributed by atoms with Crippen LogP contribution in [0.1, 0.15) is 10.4 Å². The van der Waals surface area contributed by atoms with Crippen LogP contribution in [0.5, 0.6) is 11.5 Å². The minimum atomic E-state index is -0.251. The SMILES string of the molecule is O=C(Nc1ccc2oc(-c3cc(Br)cc(Br)c3Br)nc2c1)c1ccc2c(c1)OCCO2. The monoisotopic (exact) mass is 606 g/mol. The molecule has 2 heterocycles. The number of halogens is 3. The Kier molecular flexibility index (Phi) is 5.49. The third-order valence-electron chi connectivity index (χ3n) is 4.67. The minimum Gasteiger partial charge on any atom is -0.486 e. The lowest BCUT2D eigenvalue weighted by Gasteiger charge is -2.18. The summed E-state index contributed by atoms with van der Waals surface area (Å²) < 4.78 is 19.6. The Balaban J connectivity index is 1.42. The van der Waals surface area contributed by atoms with Gasteiger partial charge in [-0.05, 0) is 80.4 Å². The molecule has 0 aliphatic carbocycles. The lowest BCUT2D eigenvalue weighted by atomic mass is 10.1. The Labute approximate surface area is 202 Å². The van der Waals surface area contributed by atoms with E-state index in [1.165, 1.54) is 0 Å². The quantitative estimate of drug-likeness (QED) is 0.259. The number of carbonyl (C=O) groups excluding carboxylic acids is 1. The summed E-state index contributed by atoms with van der Waals surface area (Å²) >= 11 is 10.6. The van der Waals surface area contributed by atoms with Crippen molar-refractivity contribution in [3.05, 3.63) is 67.5 Å². The smallest absolute Gasteiger partial charge is 0.255 e. The van der Waals surface area contributed by atoms with Crippen LogP contribution in [0.15, 0.2) is 66.4 Å². The standard InChI is InChI=1S/C22H13Br3N2O4/c23-12-8-14(20(25)15(24)9-12)22-27-16-10-13(2-4-17(16)31-22)26-21(28)11-1-3-18-19(7-11)30-6-5-29-18/h1-4,7-10H,5-6H2,(H,26,28). The summed E-state index contributed by atoms with van der Waals surface area (Å²) in [5.41, 5.74) is 3.16. The van der Waals surface area contributed by atoms with E-state index in [1.807, 2.05) is 12.1 Å². The molecule has 1 N–H and O–H groups in total. The van der Waals surface area contributed by atoms with Crippen LogP contribution >= 0.6 is 47.8 Å². The molecule has 31 heavy (non-hydrogen) atoms. The summed E-state index contributed by atoms with van der Waals surface area (Å²) in [5, 5.41) is 2.89. The van der Waals surface area contributed by atoms with Crippen molar-refractivity contribution in [1.82, 2.24) is 4.98 Å². The van der Waals surface area contributed by atoms with Gasteiger partial charge in [-0.3, -0.25) is 4.79 Å². The first-order valence-electron chi connectivity index (χ1n) is 9.24. The number of hydrogen-bond donors (Lipinski definition) is 1. The number of rotatable bonds is 3. The molecule has 1 amide bonds. The molecule has 0 unspecified atom stereocenters. The number of oxazole rings is 1. The van der Waals surface area contributed by atoms with Gasteiger partial charge in [0, 0.05) is 24.7 Å². The number of benzene rings is 3. The molecule has 6 nitrogen and oxygen atoms in total. The van der Waals surface area contributed by atoms with Crippen LogP contribution in [-0.2, 0) is 0 Å². The van der Waals surface area contributed by atoms with E-state index in [0.29, 0.717) is 53.0 Å². The van der Waals surface area contributed by atoms with Crippen LogP contribution in [0.3, 0.4) is 0 Å². The third-order valence-corrected chi connectivity index (χ3v) is 7.14. The average Bonchev–Trinajstić information content (AvgIpc) is 3.19. The van der Waals surface area contributed by atoms with E-state index >= 15 is 0 Å². The van der Waals surface area contributed by atoms with Gasteiger partial charge in [0.05, 0.1) is 5.56 Å². The highest BCUT2D eigenvalue weighted by atomic mass is 79.9. The van der Waals surface area contributed by atoms with Crippen molar-refractivity contribution < 1.29 is 18.7 Å². The molecule has 3 aromatic carbocycles. The van der Waals surface area contributed by atoms with Crippen molar-refractivity contribution in [2.45, 2.75) is 0 Å². The number of ether oxygens (including phenoxy) is 2. The van der Waals surface area contributed by atoms with E-state index in [2.05, 4.69) is 58.1 Å². The number of amides is 1. The van der Waals surface area contributed by atoms with Crippen molar-refractivity contribution in [2.75, 3.05) is 18.5 Å². The second kappa shape index (κ2) is 8.29. The number of aromatic nitrogens is 1. The highest BCUT2D eigenvalue weighted by Crippen LogP contribution is 2.38.